The number of aliphatic hydroxyl groups excluding tert-OH is 1. The van der Waals surface area contributed by atoms with E-state index < -0.39 is 17.7 Å². The van der Waals surface area contributed by atoms with Gasteiger partial charge in [0.15, 0.2) is 11.5 Å². The molecule has 1 atom stereocenters. The number of benzene rings is 4. The van der Waals surface area contributed by atoms with Gasteiger partial charge in [-0.1, -0.05) is 72.0 Å². The monoisotopic (exact) mass is 633 g/mol. The van der Waals surface area contributed by atoms with Gasteiger partial charge in [-0.3, -0.25) is 14.5 Å². The third-order valence-electron chi connectivity index (χ3n) is 7.69. The van der Waals surface area contributed by atoms with Crippen LogP contribution in [0.1, 0.15) is 38.9 Å². The highest BCUT2D eigenvalue weighted by Crippen LogP contribution is 2.45. The molecule has 9 nitrogen and oxygen atoms in total. The van der Waals surface area contributed by atoms with Crippen molar-refractivity contribution >= 4 is 33.9 Å². The summed E-state index contributed by atoms with van der Waals surface area (Å²) in [7, 11) is 1.52. The molecule has 46 heavy (non-hydrogen) atoms. The number of amides is 1. The van der Waals surface area contributed by atoms with Crippen molar-refractivity contribution in [1.29, 1.82) is 0 Å². The Kier molecular flexibility index (Phi) is 8.80. The van der Waals surface area contributed by atoms with Crippen molar-refractivity contribution in [2.24, 2.45) is 0 Å². The first-order valence-electron chi connectivity index (χ1n) is 14.6. The Balaban J connectivity index is 1.35. The van der Waals surface area contributed by atoms with Gasteiger partial charge in [-0.2, -0.15) is 0 Å². The van der Waals surface area contributed by atoms with E-state index in [9.17, 15) is 14.7 Å². The fourth-order valence-corrected chi connectivity index (χ4v) is 5.95. The number of aromatic nitrogens is 2. The summed E-state index contributed by atoms with van der Waals surface area (Å²) in [5, 5.41) is 20.7. The molecule has 6 rings (SSSR count). The van der Waals surface area contributed by atoms with Crippen LogP contribution < -0.4 is 19.1 Å². The molecule has 1 amide bonds. The SMILES string of the molecule is COc1cc(C2/C(=C(\O)c3ccc(OCc4ccccc4C)cc3)C(=O)C(=O)N2c2nnc(C)s2)ccc1OCc1ccccc1. The maximum Gasteiger partial charge on any atom is 0.301 e. The Morgan fingerprint density at radius 3 is 2.28 bits per heavy atom. The second-order valence-electron chi connectivity index (χ2n) is 10.7. The van der Waals surface area contributed by atoms with E-state index in [4.69, 9.17) is 14.2 Å². The molecule has 1 N–H and O–H groups in total. The topological polar surface area (TPSA) is 111 Å². The molecule has 1 aliphatic rings. The smallest absolute Gasteiger partial charge is 0.301 e. The molecule has 5 aromatic rings. The standard InChI is InChI=1S/C36H31N3O6S/c1-22-9-7-8-12-27(22)21-44-28-16-13-25(14-17-28)33(40)31-32(39(35(42)34(31)41)36-38-37-23(2)46-36)26-15-18-29(30(19-26)43-3)45-20-24-10-5-4-6-11-24/h4-19,32,40H,20-21H2,1-3H3/b33-31+. The first-order valence-corrected chi connectivity index (χ1v) is 15.4. The fourth-order valence-electron chi connectivity index (χ4n) is 5.24. The molecular formula is C36H31N3O6S. The number of Topliss-reactive ketones (excluding diaryl/α,β-unsaturated/α-hetero) is 1. The lowest BCUT2D eigenvalue weighted by Gasteiger charge is -2.23. The molecule has 1 unspecified atom stereocenters. The van der Waals surface area contributed by atoms with Crippen molar-refractivity contribution in [3.05, 3.63) is 135 Å². The maximum atomic E-state index is 13.6. The van der Waals surface area contributed by atoms with Crippen molar-refractivity contribution in [2.75, 3.05) is 12.0 Å². The third kappa shape index (κ3) is 6.20. The van der Waals surface area contributed by atoms with Crippen LogP contribution in [0.5, 0.6) is 17.2 Å². The minimum Gasteiger partial charge on any atom is -0.507 e. The average molecular weight is 634 g/mol. The lowest BCUT2D eigenvalue weighted by Crippen LogP contribution is -2.29. The molecular weight excluding hydrogens is 602 g/mol. The number of carbonyl (C=O) groups excluding carboxylic acids is 2. The minimum atomic E-state index is -0.999. The lowest BCUT2D eigenvalue weighted by molar-refractivity contribution is -0.132. The number of hydrogen-bond donors (Lipinski definition) is 1. The zero-order valence-corrected chi connectivity index (χ0v) is 26.3. The average Bonchev–Trinajstić information content (AvgIpc) is 3.63. The van der Waals surface area contributed by atoms with Gasteiger partial charge in [-0.05, 0) is 72.5 Å². The minimum absolute atomic E-state index is 0.0774. The normalized spacial score (nSPS) is 15.6. The van der Waals surface area contributed by atoms with E-state index in [2.05, 4.69) is 10.2 Å². The number of anilines is 1. The largest absolute Gasteiger partial charge is 0.507 e. The van der Waals surface area contributed by atoms with Gasteiger partial charge in [0.05, 0.1) is 18.7 Å². The molecule has 1 saturated heterocycles. The van der Waals surface area contributed by atoms with Gasteiger partial charge in [-0.15, -0.1) is 10.2 Å². The van der Waals surface area contributed by atoms with Crippen molar-refractivity contribution < 1.29 is 28.9 Å². The zero-order valence-electron chi connectivity index (χ0n) is 25.5. The molecule has 1 aliphatic heterocycles. The van der Waals surface area contributed by atoms with E-state index in [-0.39, 0.29) is 16.5 Å². The summed E-state index contributed by atoms with van der Waals surface area (Å²) in [6.45, 7) is 4.49. The van der Waals surface area contributed by atoms with Crippen LogP contribution >= 0.6 is 11.3 Å². The molecule has 2 heterocycles. The van der Waals surface area contributed by atoms with Gasteiger partial charge >= 0.3 is 5.91 Å². The number of ether oxygens (including phenoxy) is 3. The Bertz CT molecular complexity index is 1920. The molecule has 0 aliphatic carbocycles. The highest BCUT2D eigenvalue weighted by molar-refractivity contribution is 7.15. The van der Waals surface area contributed by atoms with Crippen molar-refractivity contribution in [2.45, 2.75) is 33.1 Å². The summed E-state index contributed by atoms with van der Waals surface area (Å²) < 4.78 is 17.6. The highest BCUT2D eigenvalue weighted by Gasteiger charge is 2.48. The first-order chi connectivity index (χ1) is 22.3. The fraction of sp³-hybridized carbons (Fsp3) is 0.167. The van der Waals surface area contributed by atoms with E-state index in [0.717, 1.165) is 16.7 Å². The quantitative estimate of drug-likeness (QED) is 0.1000. The van der Waals surface area contributed by atoms with Crippen LogP contribution in [0, 0.1) is 13.8 Å². The predicted octanol–water partition coefficient (Wildman–Crippen LogP) is 6.95. The summed E-state index contributed by atoms with van der Waals surface area (Å²) in [6.07, 6.45) is 0. The number of nitrogens with zero attached hydrogens (tertiary/aromatic N) is 3. The van der Waals surface area contributed by atoms with Crippen molar-refractivity contribution in [3.8, 4) is 17.2 Å². The second kappa shape index (κ2) is 13.3. The lowest BCUT2D eigenvalue weighted by atomic mass is 9.95. The zero-order chi connectivity index (χ0) is 32.2. The summed E-state index contributed by atoms with van der Waals surface area (Å²) in [5.74, 6) is -0.483. The number of ketones is 1. The van der Waals surface area contributed by atoms with Gasteiger partial charge in [0.25, 0.3) is 5.78 Å². The molecule has 4 aromatic carbocycles. The molecule has 1 aromatic heterocycles. The summed E-state index contributed by atoms with van der Waals surface area (Å²) in [4.78, 5) is 28.4. The van der Waals surface area contributed by atoms with E-state index in [0.29, 0.717) is 46.6 Å². The van der Waals surface area contributed by atoms with Gasteiger partial charge in [0, 0.05) is 5.56 Å². The van der Waals surface area contributed by atoms with Crippen LogP contribution in [-0.2, 0) is 22.8 Å². The molecule has 232 valence electrons. The number of hydrogen-bond acceptors (Lipinski definition) is 9. The molecule has 0 radical (unpaired) electrons. The molecule has 0 bridgehead atoms. The van der Waals surface area contributed by atoms with Crippen molar-refractivity contribution in [1.82, 2.24) is 10.2 Å². The summed E-state index contributed by atoms with van der Waals surface area (Å²) in [6, 6.07) is 28.6. The molecule has 0 spiro atoms. The Labute approximate surface area is 270 Å². The van der Waals surface area contributed by atoms with Gasteiger partial charge < -0.3 is 19.3 Å². The third-order valence-corrected chi connectivity index (χ3v) is 8.53. The first kappa shape index (κ1) is 30.5. The number of methoxy groups -OCH3 is 1. The molecule has 0 saturated carbocycles. The van der Waals surface area contributed by atoms with E-state index in [1.165, 1.54) is 23.3 Å². The molecule has 1 fully saturated rings. The Morgan fingerprint density at radius 1 is 0.848 bits per heavy atom. The van der Waals surface area contributed by atoms with E-state index in [1.54, 1.807) is 49.4 Å². The van der Waals surface area contributed by atoms with E-state index >= 15 is 0 Å². The van der Waals surface area contributed by atoms with Crippen LogP contribution in [0.3, 0.4) is 0 Å². The number of rotatable bonds is 10. The maximum absolute atomic E-state index is 13.6. The van der Waals surface area contributed by atoms with E-state index in [1.807, 2.05) is 61.5 Å². The van der Waals surface area contributed by atoms with Crippen LogP contribution in [0.2, 0.25) is 0 Å². The molecule has 10 heteroatoms. The number of aliphatic hydroxyl groups is 1. The van der Waals surface area contributed by atoms with Gasteiger partial charge in [0.1, 0.15) is 29.7 Å². The number of aryl methyl sites for hydroxylation is 2. The van der Waals surface area contributed by atoms with Gasteiger partial charge in [-0.25, -0.2) is 0 Å². The summed E-state index contributed by atoms with van der Waals surface area (Å²) in [5.41, 5.74) is 3.98. The van der Waals surface area contributed by atoms with Crippen molar-refractivity contribution in [3.63, 3.8) is 0 Å². The predicted molar refractivity (Wildman–Crippen MR) is 175 cm³/mol. The highest BCUT2D eigenvalue weighted by atomic mass is 32.1. The van der Waals surface area contributed by atoms with Crippen LogP contribution in [0.25, 0.3) is 5.76 Å². The Morgan fingerprint density at radius 2 is 1.59 bits per heavy atom. The van der Waals surface area contributed by atoms with Gasteiger partial charge in [0.2, 0.25) is 5.13 Å². The summed E-state index contributed by atoms with van der Waals surface area (Å²) >= 11 is 1.18. The Hall–Kier alpha value is -5.48. The second-order valence-corrected chi connectivity index (χ2v) is 11.9. The van der Waals surface area contributed by atoms with Crippen LogP contribution in [-0.4, -0.2) is 34.1 Å². The van der Waals surface area contributed by atoms with Crippen LogP contribution in [0.15, 0.2) is 103 Å². The van der Waals surface area contributed by atoms with Crippen LogP contribution in [0.4, 0.5) is 5.13 Å². The number of carbonyl (C=O) groups is 2.